The Morgan fingerprint density at radius 2 is 2.28 bits per heavy atom. The zero-order valence-corrected chi connectivity index (χ0v) is 9.47. The average Bonchev–Trinajstić information content (AvgIpc) is 2.93. The number of imidazole rings is 1. The van der Waals surface area contributed by atoms with Gasteiger partial charge in [-0.1, -0.05) is 0 Å². The van der Waals surface area contributed by atoms with Gasteiger partial charge in [0.25, 0.3) is 0 Å². The summed E-state index contributed by atoms with van der Waals surface area (Å²) in [5.41, 5.74) is 6.75. The van der Waals surface area contributed by atoms with E-state index < -0.39 is 18.4 Å². The number of aliphatic hydroxyl groups excluding tert-OH is 2. The van der Waals surface area contributed by atoms with Crippen LogP contribution < -0.4 is 5.73 Å². The lowest BCUT2D eigenvalue weighted by molar-refractivity contribution is -0.0432. The predicted molar refractivity (Wildman–Crippen MR) is 61.4 cm³/mol. The summed E-state index contributed by atoms with van der Waals surface area (Å²) in [5, 5.41) is 18.8. The fourth-order valence-electron chi connectivity index (χ4n) is 2.13. The number of nitrogens with two attached hydrogens (primary N) is 1. The SMILES string of the molecule is [15NH2][13c]1[15n][13cH][15n][13c]2[13c]1[15n][13cH][15n]2[13C@H]1[13CH2][13C@H](O)[13C@@H]([13CH2]O)O1. The molecule has 1 saturated heterocycles. The van der Waals surface area contributed by atoms with Gasteiger partial charge in [0.05, 0.1) is 19.0 Å². The highest BCUT2D eigenvalue weighted by atomic mass is 16.8. The summed E-state index contributed by atoms with van der Waals surface area (Å²) in [6.45, 7) is -0.221. The molecule has 0 aliphatic carbocycles. The third-order valence-corrected chi connectivity index (χ3v) is 3.08. The van der Waals surface area contributed by atoms with Gasteiger partial charge in [-0.25, -0.2) is 15.0 Å². The van der Waals surface area contributed by atoms with Crippen molar-refractivity contribution in [3.8, 4) is 0 Å². The second kappa shape index (κ2) is 4.16. The lowest BCUT2D eigenvalue weighted by Crippen LogP contribution is -2.24. The molecular weight excluding hydrogens is 253 g/mol. The molecule has 1 aliphatic heterocycles. The second-order valence-corrected chi connectivity index (χ2v) is 4.20. The third kappa shape index (κ3) is 1.62. The quantitative estimate of drug-likeness (QED) is 0.473. The van der Waals surface area contributed by atoms with E-state index in [1.165, 1.54) is 6.33 Å². The standard InChI is InChI=1S/C10H13N5O3/c11-9-8-10(13-3-12-9)15(4-14-8)7-1-5(17)6(2-16)18-7/h3-7,16-17H,1-2H2,(H2,11,12,13)/t5-,6+,7+/m0/s1/i1+1,2+1,3+1,4+1,5+1,6+1,7+1,8+1,9+1,10+1,11+1,12+1,13+1,14+1,15+1. The number of anilines is 1. The van der Waals surface area contributed by atoms with Crippen LogP contribution in [-0.2, 0) is 4.74 Å². The van der Waals surface area contributed by atoms with E-state index in [0.29, 0.717) is 23.4 Å². The van der Waals surface area contributed by atoms with E-state index in [4.69, 9.17) is 15.6 Å². The molecule has 2 aromatic rings. The Labute approximate surface area is 102 Å². The number of nitrogens with zero attached hydrogens (tertiary/aromatic N) is 4. The Hall–Kier alpha value is -1.77. The molecule has 3 heterocycles. The number of fused-ring (bicyclic) bond motifs is 1. The number of aliphatic hydroxyl groups is 2. The van der Waals surface area contributed by atoms with Crippen LogP contribution in [0.4, 0.5) is 5.82 Å². The summed E-state index contributed by atoms with van der Waals surface area (Å²) in [6.07, 6.45) is 1.60. The van der Waals surface area contributed by atoms with Crippen molar-refractivity contribution < 1.29 is 14.9 Å². The van der Waals surface area contributed by atoms with Crippen molar-refractivity contribution in [2.24, 2.45) is 0 Å². The molecule has 0 radical (unpaired) electrons. The molecule has 8 heteroatoms. The minimum Gasteiger partial charge on any atom is -0.394 e. The van der Waals surface area contributed by atoms with Gasteiger partial charge in [0.15, 0.2) is 11.5 Å². The molecule has 1 aliphatic rings. The first-order chi connectivity index (χ1) is 8.70. The lowest BCUT2D eigenvalue weighted by Gasteiger charge is -2.13. The summed E-state index contributed by atoms with van der Waals surface area (Å²) in [4.78, 5) is 12.1. The van der Waals surface area contributed by atoms with Gasteiger partial charge in [0.2, 0.25) is 0 Å². The van der Waals surface area contributed by atoms with Gasteiger partial charge in [-0.05, 0) is 0 Å². The Morgan fingerprint density at radius 1 is 1.44 bits per heavy atom. The average molecular weight is 266 g/mol. The van der Waals surface area contributed by atoms with Crippen molar-refractivity contribution in [3.05, 3.63) is 12.7 Å². The molecule has 8 nitrogen and oxygen atoms in total. The van der Waals surface area contributed by atoms with Gasteiger partial charge in [0, 0.05) is 6.42 Å². The maximum absolute atomic E-state index is 9.71. The van der Waals surface area contributed by atoms with Crippen LogP contribution in [0.2, 0.25) is 0 Å². The first kappa shape index (κ1) is 11.3. The van der Waals surface area contributed by atoms with E-state index >= 15 is 0 Å². The Morgan fingerprint density at radius 3 is 3.00 bits per heavy atom. The highest BCUT2D eigenvalue weighted by Gasteiger charge is 2.35. The summed E-state index contributed by atoms with van der Waals surface area (Å²) >= 11 is 0. The van der Waals surface area contributed by atoms with Crippen LogP contribution in [0.15, 0.2) is 12.7 Å². The molecule has 0 unspecified atom stereocenters. The molecular formula is C10H13N5O3. The Bertz CT molecular complexity index is 572. The molecule has 3 atom stereocenters. The molecule has 0 bridgehead atoms. The van der Waals surface area contributed by atoms with Gasteiger partial charge in [-0.3, -0.25) is 4.57 Å². The number of nitrogen functional groups attached to an aromatic ring is 1. The number of hydrogen-bond acceptors (Lipinski definition) is 7. The number of hydrogen-bond donors (Lipinski definition) is 3. The van der Waals surface area contributed by atoms with Crippen molar-refractivity contribution in [2.75, 3.05) is 12.3 Å². The maximum Gasteiger partial charge on any atom is 0.167 e. The highest BCUT2D eigenvalue weighted by Crippen LogP contribution is 2.30. The van der Waals surface area contributed by atoms with Crippen LogP contribution >= 0.6 is 0 Å². The summed E-state index contributed by atoms with van der Waals surface area (Å²) in [6, 6.07) is 0. The summed E-state index contributed by atoms with van der Waals surface area (Å²) in [5.74, 6) is 0.302. The monoisotopic (exact) mass is 266 g/mol. The maximum atomic E-state index is 9.71. The van der Waals surface area contributed by atoms with Crippen molar-refractivity contribution in [3.63, 3.8) is 0 Å². The molecule has 0 aromatic carbocycles. The van der Waals surface area contributed by atoms with Gasteiger partial charge in [0.1, 0.15) is 24.2 Å². The molecule has 1 fully saturated rings. The molecule has 18 heavy (non-hydrogen) atoms. The van der Waals surface area contributed by atoms with E-state index in [-0.39, 0.29) is 6.61 Å². The summed E-state index contributed by atoms with van der Waals surface area (Å²) in [7, 11) is 0. The zero-order valence-electron chi connectivity index (χ0n) is 9.47. The largest absolute Gasteiger partial charge is 0.394 e. The van der Waals surface area contributed by atoms with Gasteiger partial charge >= 0.3 is 0 Å². The first-order valence-corrected chi connectivity index (χ1v) is 5.58. The fraction of sp³-hybridized carbons (Fsp3) is 0.500. The van der Waals surface area contributed by atoms with Crippen LogP contribution in [0, 0.1) is 0 Å². The van der Waals surface area contributed by atoms with Crippen molar-refractivity contribution in [1.82, 2.24) is 19.5 Å². The third-order valence-electron chi connectivity index (χ3n) is 3.08. The number of aromatic nitrogens is 4. The summed E-state index contributed by atoms with van der Waals surface area (Å²) < 4.78 is 7.22. The normalized spacial score (nSPS) is 28.0. The molecule has 0 amide bonds. The number of ether oxygens (including phenoxy) is 1. The molecule has 96 valence electrons. The molecule has 4 N–H and O–H groups in total. The Kier molecular flexibility index (Phi) is 2.62. The van der Waals surface area contributed by atoms with Gasteiger partial charge < -0.3 is 20.7 Å². The fourth-order valence-corrected chi connectivity index (χ4v) is 2.13. The van der Waals surface area contributed by atoms with Crippen LogP contribution in [0.3, 0.4) is 0 Å². The van der Waals surface area contributed by atoms with Crippen molar-refractivity contribution in [1.29, 1.82) is 0 Å². The van der Waals surface area contributed by atoms with Crippen LogP contribution in [-0.4, -0.2) is 48.5 Å². The van der Waals surface area contributed by atoms with E-state index in [1.54, 1.807) is 10.9 Å². The molecule has 3 rings (SSSR count). The smallest absolute Gasteiger partial charge is 0.167 e. The van der Waals surface area contributed by atoms with Crippen LogP contribution in [0.25, 0.3) is 11.2 Å². The van der Waals surface area contributed by atoms with E-state index in [2.05, 4.69) is 15.0 Å². The minimum atomic E-state index is -0.698. The molecule has 2 aromatic heterocycles. The molecule has 0 spiro atoms. The Balaban J connectivity index is 1.99. The van der Waals surface area contributed by atoms with Crippen LogP contribution in [0.5, 0.6) is 0 Å². The lowest BCUT2D eigenvalue weighted by atomic mass is 11.1. The van der Waals surface area contributed by atoms with Crippen molar-refractivity contribution >= 4 is 17.0 Å². The topological polar surface area (TPSA) is 119 Å². The van der Waals surface area contributed by atoms with E-state index in [9.17, 15) is 5.11 Å². The van der Waals surface area contributed by atoms with E-state index in [1.807, 2.05) is 0 Å². The van der Waals surface area contributed by atoms with E-state index in [0.717, 1.165) is 0 Å². The zero-order chi connectivity index (χ0) is 12.7. The van der Waals surface area contributed by atoms with Gasteiger partial charge in [-0.2, -0.15) is 0 Å². The van der Waals surface area contributed by atoms with Crippen LogP contribution in [0.1, 0.15) is 12.6 Å². The predicted octanol–water partition coefficient (Wildman–Crippen LogP) is -0.951. The molecule has 0 saturated carbocycles. The van der Waals surface area contributed by atoms with Crippen molar-refractivity contribution in [2.45, 2.75) is 24.9 Å². The van der Waals surface area contributed by atoms with Gasteiger partial charge in [-0.15, -0.1) is 0 Å². The first-order valence-electron chi connectivity index (χ1n) is 5.58. The second-order valence-electron chi connectivity index (χ2n) is 4.20. The highest BCUT2D eigenvalue weighted by molar-refractivity contribution is 5.81. The number of rotatable bonds is 2. The minimum absolute atomic E-state index is 0.221.